The molecule has 1 amide bonds. The number of carbonyl (C=O) groups is 1. The molecule has 6 heteroatoms. The van der Waals surface area contributed by atoms with E-state index in [0.717, 1.165) is 12.8 Å². The first-order valence-electron chi connectivity index (χ1n) is 8.35. The number of amides is 1. The molecule has 0 saturated heterocycles. The van der Waals surface area contributed by atoms with Gasteiger partial charge in [0.25, 0.3) is 0 Å². The quantitative estimate of drug-likeness (QED) is 0.645. The third-order valence-electron chi connectivity index (χ3n) is 3.67. The second-order valence-electron chi connectivity index (χ2n) is 7.26. The Labute approximate surface area is 150 Å². The van der Waals surface area contributed by atoms with Gasteiger partial charge in [-0.05, 0) is 57.5 Å². The molecule has 0 aliphatic rings. The Morgan fingerprint density at radius 1 is 1.29 bits per heavy atom. The van der Waals surface area contributed by atoms with E-state index < -0.39 is 11.7 Å². The number of thiophene rings is 1. The average molecular weight is 354 g/mol. The minimum Gasteiger partial charge on any atom is -0.444 e. The summed E-state index contributed by atoms with van der Waals surface area (Å²) in [6.45, 7) is 11.9. The highest BCUT2D eigenvalue weighted by Crippen LogP contribution is 2.34. The van der Waals surface area contributed by atoms with Gasteiger partial charge in [-0.3, -0.25) is 5.32 Å². The number of aryl methyl sites for hydroxylation is 1. The van der Waals surface area contributed by atoms with Gasteiger partial charge in [0.15, 0.2) is 0 Å². The van der Waals surface area contributed by atoms with Gasteiger partial charge in [-0.15, -0.1) is 11.3 Å². The molecule has 5 nitrogen and oxygen atoms in total. The van der Waals surface area contributed by atoms with E-state index in [1.807, 2.05) is 34.9 Å². The van der Waals surface area contributed by atoms with E-state index in [1.165, 1.54) is 10.4 Å². The first-order chi connectivity index (χ1) is 11.0. The minimum absolute atomic E-state index is 0.382. The molecule has 1 aromatic heterocycles. The number of nitrogens with one attached hydrogen (secondary N) is 1. The summed E-state index contributed by atoms with van der Waals surface area (Å²) in [4.78, 5) is 20.0. The molecule has 1 unspecified atom stereocenters. The Morgan fingerprint density at radius 3 is 2.33 bits per heavy atom. The van der Waals surface area contributed by atoms with Gasteiger partial charge in [-0.1, -0.05) is 13.8 Å². The SMILES string of the molecule is CCc1csc(C(C)(CC)N=C(NC(=O)OC(C)(C)C)N(C)C)c1. The molecule has 0 bridgehead atoms. The van der Waals surface area contributed by atoms with Crippen molar-refractivity contribution in [1.82, 2.24) is 10.2 Å². The van der Waals surface area contributed by atoms with E-state index in [9.17, 15) is 4.79 Å². The highest BCUT2D eigenvalue weighted by Gasteiger charge is 2.28. The van der Waals surface area contributed by atoms with Crippen LogP contribution >= 0.6 is 11.3 Å². The molecule has 1 rings (SSSR count). The zero-order chi connectivity index (χ0) is 18.5. The zero-order valence-electron chi connectivity index (χ0n) is 16.2. The third-order valence-corrected chi connectivity index (χ3v) is 4.90. The number of ether oxygens (including phenoxy) is 1. The van der Waals surface area contributed by atoms with Crippen LogP contribution in [0.25, 0.3) is 0 Å². The maximum absolute atomic E-state index is 12.1. The second-order valence-corrected chi connectivity index (χ2v) is 8.17. The van der Waals surface area contributed by atoms with Crippen LogP contribution in [0.15, 0.2) is 16.4 Å². The molecule has 0 aromatic carbocycles. The topological polar surface area (TPSA) is 53.9 Å². The third kappa shape index (κ3) is 5.82. The van der Waals surface area contributed by atoms with E-state index in [1.54, 1.807) is 16.2 Å². The van der Waals surface area contributed by atoms with Crippen molar-refractivity contribution < 1.29 is 9.53 Å². The fourth-order valence-electron chi connectivity index (χ4n) is 2.02. The van der Waals surface area contributed by atoms with E-state index in [0.29, 0.717) is 5.96 Å². The summed E-state index contributed by atoms with van der Waals surface area (Å²) in [6.07, 6.45) is 1.36. The fraction of sp³-hybridized carbons (Fsp3) is 0.667. The van der Waals surface area contributed by atoms with Crippen LogP contribution in [0.4, 0.5) is 4.79 Å². The highest BCUT2D eigenvalue weighted by molar-refractivity contribution is 7.10. The highest BCUT2D eigenvalue weighted by atomic mass is 32.1. The molecule has 1 aromatic rings. The van der Waals surface area contributed by atoms with Gasteiger partial charge >= 0.3 is 6.09 Å². The second kappa shape index (κ2) is 8.01. The molecule has 0 saturated carbocycles. The fourth-order valence-corrected chi connectivity index (χ4v) is 3.20. The minimum atomic E-state index is -0.542. The number of nitrogens with zero attached hydrogens (tertiary/aromatic N) is 2. The van der Waals surface area contributed by atoms with Gasteiger partial charge in [0.05, 0.1) is 5.54 Å². The molecule has 1 heterocycles. The van der Waals surface area contributed by atoms with Crippen molar-refractivity contribution in [2.45, 2.75) is 65.5 Å². The number of hydrogen-bond donors (Lipinski definition) is 1. The van der Waals surface area contributed by atoms with E-state index in [-0.39, 0.29) is 5.54 Å². The Balaban J connectivity index is 3.09. The lowest BCUT2D eigenvalue weighted by Gasteiger charge is -2.27. The normalized spacial score (nSPS) is 14.9. The molecule has 136 valence electrons. The van der Waals surface area contributed by atoms with Crippen LogP contribution in [-0.4, -0.2) is 36.6 Å². The number of aliphatic imine (C=N–C) groups is 1. The standard InChI is InChI=1S/C18H31N3O2S/c1-9-13-11-14(24-12-13)18(6,10-2)20-15(21(7)8)19-16(22)23-17(3,4)5/h11-12H,9-10H2,1-8H3,(H,19,20,22). The first kappa shape index (κ1) is 20.5. The molecule has 1 N–H and O–H groups in total. The van der Waals surface area contributed by atoms with Crippen molar-refractivity contribution in [3.05, 3.63) is 21.9 Å². The lowest BCUT2D eigenvalue weighted by molar-refractivity contribution is 0.0557. The Kier molecular flexibility index (Phi) is 6.84. The van der Waals surface area contributed by atoms with E-state index in [4.69, 9.17) is 9.73 Å². The number of hydrogen-bond acceptors (Lipinski definition) is 4. The monoisotopic (exact) mass is 353 g/mol. The van der Waals surface area contributed by atoms with Crippen molar-refractivity contribution in [2.75, 3.05) is 14.1 Å². The molecule has 0 radical (unpaired) electrons. The van der Waals surface area contributed by atoms with Crippen molar-refractivity contribution >= 4 is 23.4 Å². The number of rotatable bonds is 4. The lowest BCUT2D eigenvalue weighted by atomic mass is 9.97. The van der Waals surface area contributed by atoms with Crippen LogP contribution in [0.3, 0.4) is 0 Å². The maximum Gasteiger partial charge on any atom is 0.414 e. The van der Waals surface area contributed by atoms with Gasteiger partial charge < -0.3 is 9.64 Å². The van der Waals surface area contributed by atoms with Gasteiger partial charge in [-0.2, -0.15) is 0 Å². The van der Waals surface area contributed by atoms with Crippen molar-refractivity contribution in [1.29, 1.82) is 0 Å². The van der Waals surface area contributed by atoms with Gasteiger partial charge in [-0.25, -0.2) is 9.79 Å². The summed E-state index contributed by atoms with van der Waals surface area (Å²) in [5.74, 6) is 0.500. The Morgan fingerprint density at radius 2 is 1.92 bits per heavy atom. The zero-order valence-corrected chi connectivity index (χ0v) is 17.0. The summed E-state index contributed by atoms with van der Waals surface area (Å²) in [5.41, 5.74) is 0.392. The van der Waals surface area contributed by atoms with Crippen LogP contribution in [0, 0.1) is 0 Å². The lowest BCUT2D eigenvalue weighted by Crippen LogP contribution is -2.44. The summed E-state index contributed by atoms with van der Waals surface area (Å²) in [6, 6.07) is 2.21. The molecule has 1 atom stereocenters. The molecule has 24 heavy (non-hydrogen) atoms. The van der Waals surface area contributed by atoms with Gasteiger partial charge in [0.1, 0.15) is 5.60 Å². The predicted octanol–water partition coefficient (Wildman–Crippen LogP) is 4.38. The molecule has 0 aliphatic heterocycles. The molecule has 0 fully saturated rings. The van der Waals surface area contributed by atoms with Crippen molar-refractivity contribution in [3.63, 3.8) is 0 Å². The molecular weight excluding hydrogens is 322 g/mol. The average Bonchev–Trinajstić information content (AvgIpc) is 2.93. The predicted molar refractivity (Wildman–Crippen MR) is 102 cm³/mol. The van der Waals surface area contributed by atoms with Crippen molar-refractivity contribution in [3.8, 4) is 0 Å². The van der Waals surface area contributed by atoms with Gasteiger partial charge in [0, 0.05) is 19.0 Å². The first-order valence-corrected chi connectivity index (χ1v) is 9.23. The van der Waals surface area contributed by atoms with Crippen molar-refractivity contribution in [2.24, 2.45) is 4.99 Å². The summed E-state index contributed by atoms with van der Waals surface area (Å²) >= 11 is 1.72. The summed E-state index contributed by atoms with van der Waals surface area (Å²) < 4.78 is 5.34. The van der Waals surface area contributed by atoms with Gasteiger partial charge in [0.2, 0.25) is 5.96 Å². The van der Waals surface area contributed by atoms with Crippen LogP contribution < -0.4 is 5.32 Å². The van der Waals surface area contributed by atoms with Crippen LogP contribution in [0.1, 0.15) is 58.4 Å². The molecular formula is C18H31N3O2S. The van der Waals surface area contributed by atoms with E-state index in [2.05, 4.69) is 37.5 Å². The molecule has 0 spiro atoms. The van der Waals surface area contributed by atoms with Crippen LogP contribution in [-0.2, 0) is 16.7 Å². The largest absolute Gasteiger partial charge is 0.444 e. The van der Waals surface area contributed by atoms with E-state index >= 15 is 0 Å². The summed E-state index contributed by atoms with van der Waals surface area (Å²) in [7, 11) is 3.72. The Hall–Kier alpha value is -1.56. The number of alkyl carbamates (subject to hydrolysis) is 1. The Bertz CT molecular complexity index is 587. The van der Waals surface area contributed by atoms with Crippen LogP contribution in [0.5, 0.6) is 0 Å². The maximum atomic E-state index is 12.1. The summed E-state index contributed by atoms with van der Waals surface area (Å²) in [5, 5.41) is 4.95. The van der Waals surface area contributed by atoms with Crippen LogP contribution in [0.2, 0.25) is 0 Å². The molecule has 0 aliphatic carbocycles. The number of carbonyl (C=O) groups excluding carboxylic acids is 1. The number of guanidine groups is 1. The smallest absolute Gasteiger partial charge is 0.414 e.